The molecule has 0 saturated heterocycles. The van der Waals surface area contributed by atoms with Crippen molar-refractivity contribution in [2.45, 2.75) is 0 Å². The largest absolute Gasteiger partial charge is 0.467 e. The normalized spacial score (nSPS) is 10.7. The highest BCUT2D eigenvalue weighted by atomic mass is 16.5. The molecule has 2 aromatic heterocycles. The van der Waals surface area contributed by atoms with Gasteiger partial charge in [0.25, 0.3) is 5.91 Å². The van der Waals surface area contributed by atoms with E-state index >= 15 is 0 Å². The quantitative estimate of drug-likeness (QED) is 0.557. The highest BCUT2D eigenvalue weighted by molar-refractivity contribution is 6.08. The second-order valence-corrected chi connectivity index (χ2v) is 6.55. The Morgan fingerprint density at radius 2 is 1.93 bits per heavy atom. The van der Waals surface area contributed by atoms with Gasteiger partial charge in [0.1, 0.15) is 11.2 Å². The average Bonchev–Trinajstić information content (AvgIpc) is 3.17. The summed E-state index contributed by atoms with van der Waals surface area (Å²) in [7, 11) is 5.14. The van der Waals surface area contributed by atoms with Crippen LogP contribution in [-0.2, 0) is 0 Å². The second-order valence-electron chi connectivity index (χ2n) is 6.55. The third kappa shape index (κ3) is 3.60. The van der Waals surface area contributed by atoms with Crippen LogP contribution in [-0.4, -0.2) is 42.2 Å². The number of nitrogens with zero attached hydrogens (tertiary/aromatic N) is 4. The first-order valence-corrected chi connectivity index (χ1v) is 8.91. The van der Waals surface area contributed by atoms with Gasteiger partial charge in [0.2, 0.25) is 0 Å². The van der Waals surface area contributed by atoms with Gasteiger partial charge < -0.3 is 19.5 Å². The minimum absolute atomic E-state index is 0.227. The summed E-state index contributed by atoms with van der Waals surface area (Å²) in [5.74, 6) is 0.877. The van der Waals surface area contributed by atoms with Crippen molar-refractivity contribution in [2.24, 2.45) is 0 Å². The summed E-state index contributed by atoms with van der Waals surface area (Å²) in [6, 6.07) is 15.1. The van der Waals surface area contributed by atoms with E-state index in [-0.39, 0.29) is 11.9 Å². The summed E-state index contributed by atoms with van der Waals surface area (Å²) in [5.41, 5.74) is 2.53. The maximum Gasteiger partial charge on any atom is 0.318 e. The summed E-state index contributed by atoms with van der Waals surface area (Å²) in [5, 5.41) is 7.72. The average molecular weight is 389 g/mol. The number of hydrogen-bond donors (Lipinski definition) is 1. The molecular formula is C21H19N5O3. The molecule has 0 fully saturated rings. The summed E-state index contributed by atoms with van der Waals surface area (Å²) in [6.45, 7) is 0. The molecule has 0 aliphatic rings. The summed E-state index contributed by atoms with van der Waals surface area (Å²) in [6.07, 6.45) is 1.52. The van der Waals surface area contributed by atoms with Crippen molar-refractivity contribution in [2.75, 3.05) is 31.4 Å². The molecule has 0 atom stereocenters. The van der Waals surface area contributed by atoms with Gasteiger partial charge in [-0.3, -0.25) is 4.79 Å². The van der Waals surface area contributed by atoms with Gasteiger partial charge in [-0.15, -0.1) is 0 Å². The van der Waals surface area contributed by atoms with Gasteiger partial charge in [-0.2, -0.15) is 4.98 Å². The topological polar surface area (TPSA) is 93.4 Å². The number of nitrogens with one attached hydrogen (secondary N) is 1. The lowest BCUT2D eigenvalue weighted by Crippen LogP contribution is -2.18. The van der Waals surface area contributed by atoms with Gasteiger partial charge in [0.15, 0.2) is 11.6 Å². The molecule has 0 saturated carbocycles. The molecular weight excluding hydrogens is 370 g/mol. The van der Waals surface area contributed by atoms with Crippen molar-refractivity contribution in [1.29, 1.82) is 0 Å². The molecule has 0 radical (unpaired) electrons. The van der Waals surface area contributed by atoms with Crippen molar-refractivity contribution in [3.8, 4) is 17.3 Å². The molecule has 0 spiro atoms. The zero-order valence-electron chi connectivity index (χ0n) is 16.2. The standard InChI is InChI=1S/C21H19N5O3/c1-26(2)19-17(12-22-21(24-19)28-3)23-20(27)14-9-10-16-15(11-14)18(29-25-16)13-7-5-4-6-8-13/h4-12H,1-3H3,(H,23,27). The Morgan fingerprint density at radius 3 is 2.66 bits per heavy atom. The van der Waals surface area contributed by atoms with Crippen LogP contribution in [0.4, 0.5) is 11.5 Å². The highest BCUT2D eigenvalue weighted by Crippen LogP contribution is 2.30. The Balaban J connectivity index is 1.68. The van der Waals surface area contributed by atoms with Gasteiger partial charge in [-0.1, -0.05) is 35.5 Å². The van der Waals surface area contributed by atoms with Gasteiger partial charge >= 0.3 is 6.01 Å². The lowest BCUT2D eigenvalue weighted by atomic mass is 10.1. The zero-order chi connectivity index (χ0) is 20.4. The molecule has 4 rings (SSSR count). The molecule has 0 unspecified atom stereocenters. The number of carbonyl (C=O) groups excluding carboxylic acids is 1. The van der Waals surface area contributed by atoms with Crippen molar-refractivity contribution in [3.63, 3.8) is 0 Å². The number of methoxy groups -OCH3 is 1. The van der Waals surface area contributed by atoms with Crippen molar-refractivity contribution < 1.29 is 14.1 Å². The van der Waals surface area contributed by atoms with Crippen molar-refractivity contribution >= 4 is 28.3 Å². The number of benzene rings is 2. The molecule has 0 aliphatic carbocycles. The number of anilines is 2. The SMILES string of the molecule is COc1ncc(NC(=O)c2ccc3noc(-c4ccccc4)c3c2)c(N(C)C)n1. The number of ether oxygens (including phenoxy) is 1. The Morgan fingerprint density at radius 1 is 1.14 bits per heavy atom. The fourth-order valence-electron chi connectivity index (χ4n) is 2.96. The number of fused-ring (bicyclic) bond motifs is 1. The lowest BCUT2D eigenvalue weighted by molar-refractivity contribution is 0.102. The van der Waals surface area contributed by atoms with Crippen LogP contribution >= 0.6 is 0 Å². The number of hydrogen-bond acceptors (Lipinski definition) is 7. The fraction of sp³-hybridized carbons (Fsp3) is 0.143. The van der Waals surface area contributed by atoms with Gasteiger partial charge in [-0.05, 0) is 18.2 Å². The first-order chi connectivity index (χ1) is 14.1. The summed E-state index contributed by atoms with van der Waals surface area (Å²) in [4.78, 5) is 23.0. The molecule has 0 bridgehead atoms. The van der Waals surface area contributed by atoms with Gasteiger partial charge in [-0.25, -0.2) is 4.98 Å². The van der Waals surface area contributed by atoms with Crippen LogP contribution in [0.1, 0.15) is 10.4 Å². The van der Waals surface area contributed by atoms with E-state index in [0.717, 1.165) is 10.9 Å². The predicted octanol–water partition coefficient (Wildman–Crippen LogP) is 3.61. The van der Waals surface area contributed by atoms with E-state index < -0.39 is 0 Å². The number of carbonyl (C=O) groups is 1. The number of amides is 1. The van der Waals surface area contributed by atoms with E-state index in [0.29, 0.717) is 28.3 Å². The molecule has 0 aliphatic heterocycles. The second kappa shape index (κ2) is 7.59. The minimum atomic E-state index is -0.288. The minimum Gasteiger partial charge on any atom is -0.467 e. The Labute approximate surface area is 167 Å². The Kier molecular flexibility index (Phi) is 4.82. The van der Waals surface area contributed by atoms with E-state index in [1.54, 1.807) is 23.1 Å². The fourth-order valence-corrected chi connectivity index (χ4v) is 2.96. The third-order valence-corrected chi connectivity index (χ3v) is 4.38. The van der Waals surface area contributed by atoms with E-state index in [4.69, 9.17) is 9.26 Å². The molecule has 146 valence electrons. The lowest BCUT2D eigenvalue weighted by Gasteiger charge is -2.16. The molecule has 8 heteroatoms. The van der Waals surface area contributed by atoms with E-state index in [9.17, 15) is 4.79 Å². The predicted molar refractivity (Wildman–Crippen MR) is 110 cm³/mol. The molecule has 8 nitrogen and oxygen atoms in total. The van der Waals surface area contributed by atoms with Crippen LogP contribution < -0.4 is 15.0 Å². The van der Waals surface area contributed by atoms with Crippen LogP contribution in [0, 0.1) is 0 Å². The van der Waals surface area contributed by atoms with E-state index in [1.165, 1.54) is 13.3 Å². The number of aromatic nitrogens is 3. The first kappa shape index (κ1) is 18.4. The number of rotatable bonds is 5. The monoisotopic (exact) mass is 389 g/mol. The van der Waals surface area contributed by atoms with Crippen LogP contribution in [0.5, 0.6) is 6.01 Å². The highest BCUT2D eigenvalue weighted by Gasteiger charge is 2.17. The van der Waals surface area contributed by atoms with Crippen LogP contribution in [0.25, 0.3) is 22.2 Å². The van der Waals surface area contributed by atoms with E-state index in [2.05, 4.69) is 20.4 Å². The Bertz CT molecular complexity index is 1170. The smallest absolute Gasteiger partial charge is 0.318 e. The van der Waals surface area contributed by atoms with Gasteiger partial charge in [0, 0.05) is 25.2 Å². The molecule has 4 aromatic rings. The molecule has 2 aromatic carbocycles. The van der Waals surface area contributed by atoms with E-state index in [1.807, 2.05) is 44.4 Å². The van der Waals surface area contributed by atoms with Gasteiger partial charge in [0.05, 0.1) is 18.7 Å². The Hall–Kier alpha value is -3.94. The summed E-state index contributed by atoms with van der Waals surface area (Å²) >= 11 is 0. The maximum absolute atomic E-state index is 12.9. The van der Waals surface area contributed by atoms with Crippen LogP contribution in [0.2, 0.25) is 0 Å². The molecule has 29 heavy (non-hydrogen) atoms. The van der Waals surface area contributed by atoms with Crippen LogP contribution in [0.3, 0.4) is 0 Å². The van der Waals surface area contributed by atoms with Crippen molar-refractivity contribution in [1.82, 2.24) is 15.1 Å². The molecule has 2 heterocycles. The molecule has 1 amide bonds. The third-order valence-electron chi connectivity index (χ3n) is 4.38. The summed E-state index contributed by atoms with van der Waals surface area (Å²) < 4.78 is 10.6. The molecule has 1 N–H and O–H groups in total. The first-order valence-electron chi connectivity index (χ1n) is 8.91. The van der Waals surface area contributed by atoms with Crippen molar-refractivity contribution in [3.05, 3.63) is 60.3 Å². The zero-order valence-corrected chi connectivity index (χ0v) is 16.2. The maximum atomic E-state index is 12.9. The van der Waals surface area contributed by atoms with Crippen LogP contribution in [0.15, 0.2) is 59.3 Å².